The topological polar surface area (TPSA) is 44.9 Å². The fraction of sp³-hybridized carbons (Fsp3) is 0.529. The summed E-state index contributed by atoms with van der Waals surface area (Å²) in [6.45, 7) is 6.93. The van der Waals surface area contributed by atoms with Crippen LogP contribution in [0.5, 0.6) is 0 Å². The zero-order valence-electron chi connectivity index (χ0n) is 12.8. The van der Waals surface area contributed by atoms with Gasteiger partial charge in [0.25, 0.3) is 0 Å². The number of piperidine rings is 1. The molecule has 1 atom stereocenters. The van der Waals surface area contributed by atoms with Crippen LogP contribution in [0, 0.1) is 18.3 Å². The molecular formula is C17H22N4. The van der Waals surface area contributed by atoms with E-state index in [1.165, 1.54) is 24.8 Å². The van der Waals surface area contributed by atoms with Gasteiger partial charge in [0.05, 0.1) is 23.1 Å². The first-order valence-electron chi connectivity index (χ1n) is 7.78. The molecule has 1 aromatic carbocycles. The fourth-order valence-corrected chi connectivity index (χ4v) is 3.28. The SMILES string of the molecule is Cc1ccc2c(c1)nc(C(C)N1CCCCC1)n2CC#N. The van der Waals surface area contributed by atoms with E-state index in [9.17, 15) is 0 Å². The monoisotopic (exact) mass is 282 g/mol. The summed E-state index contributed by atoms with van der Waals surface area (Å²) in [5, 5.41) is 9.16. The second kappa shape index (κ2) is 5.87. The van der Waals surface area contributed by atoms with E-state index < -0.39 is 0 Å². The van der Waals surface area contributed by atoms with Crippen LogP contribution in [0.25, 0.3) is 11.0 Å². The van der Waals surface area contributed by atoms with Gasteiger partial charge >= 0.3 is 0 Å². The highest BCUT2D eigenvalue weighted by atomic mass is 15.2. The minimum atomic E-state index is 0.270. The van der Waals surface area contributed by atoms with E-state index in [0.717, 1.165) is 29.9 Å². The molecule has 21 heavy (non-hydrogen) atoms. The summed E-state index contributed by atoms with van der Waals surface area (Å²) < 4.78 is 2.08. The van der Waals surface area contributed by atoms with Crippen LogP contribution in [0.4, 0.5) is 0 Å². The maximum Gasteiger partial charge on any atom is 0.127 e. The quantitative estimate of drug-likeness (QED) is 0.866. The molecule has 1 unspecified atom stereocenters. The number of nitrogens with zero attached hydrogens (tertiary/aromatic N) is 4. The third-order valence-corrected chi connectivity index (χ3v) is 4.47. The second-order valence-corrected chi connectivity index (χ2v) is 5.98. The first kappa shape index (κ1) is 14.1. The number of imidazole rings is 1. The highest BCUT2D eigenvalue weighted by Crippen LogP contribution is 2.27. The highest BCUT2D eigenvalue weighted by molar-refractivity contribution is 5.77. The first-order valence-corrected chi connectivity index (χ1v) is 7.78. The Morgan fingerprint density at radius 2 is 2.05 bits per heavy atom. The highest BCUT2D eigenvalue weighted by Gasteiger charge is 2.23. The third-order valence-electron chi connectivity index (χ3n) is 4.47. The van der Waals surface area contributed by atoms with Gasteiger partial charge in [-0.25, -0.2) is 4.98 Å². The molecule has 4 heteroatoms. The van der Waals surface area contributed by atoms with Crippen LogP contribution < -0.4 is 0 Å². The fourth-order valence-electron chi connectivity index (χ4n) is 3.28. The number of hydrogen-bond acceptors (Lipinski definition) is 3. The maximum atomic E-state index is 9.16. The molecule has 0 saturated carbocycles. The summed E-state index contributed by atoms with van der Waals surface area (Å²) in [4.78, 5) is 7.33. The Balaban J connectivity index is 2.03. The average Bonchev–Trinajstić information content (AvgIpc) is 2.85. The lowest BCUT2D eigenvalue weighted by Gasteiger charge is -2.32. The molecular weight excluding hydrogens is 260 g/mol. The predicted octanol–water partition coefficient (Wildman–Crippen LogP) is 3.42. The Hall–Kier alpha value is -1.86. The maximum absolute atomic E-state index is 9.16. The van der Waals surface area contributed by atoms with Crippen LogP contribution in [0.2, 0.25) is 0 Å². The molecule has 0 bridgehead atoms. The molecule has 1 aromatic heterocycles. The first-order chi connectivity index (χ1) is 10.2. The lowest BCUT2D eigenvalue weighted by atomic mass is 10.1. The molecule has 2 heterocycles. The van der Waals surface area contributed by atoms with Crippen LogP contribution in [0.3, 0.4) is 0 Å². The smallest absolute Gasteiger partial charge is 0.127 e. The Kier molecular flexibility index (Phi) is 3.94. The van der Waals surface area contributed by atoms with Crippen molar-refractivity contribution in [3.8, 4) is 6.07 Å². The number of hydrogen-bond donors (Lipinski definition) is 0. The number of nitriles is 1. The van der Waals surface area contributed by atoms with Gasteiger partial charge in [0.15, 0.2) is 0 Å². The summed E-state index contributed by atoms with van der Waals surface area (Å²) in [5.41, 5.74) is 3.28. The van der Waals surface area contributed by atoms with Crippen LogP contribution in [-0.4, -0.2) is 27.5 Å². The molecule has 2 aromatic rings. The molecule has 1 fully saturated rings. The van der Waals surface area contributed by atoms with E-state index in [-0.39, 0.29) is 6.04 Å². The average molecular weight is 282 g/mol. The Morgan fingerprint density at radius 1 is 1.29 bits per heavy atom. The lowest BCUT2D eigenvalue weighted by molar-refractivity contribution is 0.166. The number of aryl methyl sites for hydroxylation is 1. The van der Waals surface area contributed by atoms with Crippen molar-refractivity contribution < 1.29 is 0 Å². The molecule has 0 amide bonds. The van der Waals surface area contributed by atoms with Gasteiger partial charge in [-0.15, -0.1) is 0 Å². The van der Waals surface area contributed by atoms with E-state index in [1.807, 2.05) is 0 Å². The molecule has 1 aliphatic heterocycles. The van der Waals surface area contributed by atoms with Gasteiger partial charge < -0.3 is 4.57 Å². The van der Waals surface area contributed by atoms with Gasteiger partial charge in [-0.2, -0.15) is 5.26 Å². The van der Waals surface area contributed by atoms with E-state index >= 15 is 0 Å². The number of aromatic nitrogens is 2. The second-order valence-electron chi connectivity index (χ2n) is 5.98. The summed E-state index contributed by atoms with van der Waals surface area (Å²) >= 11 is 0. The molecule has 110 valence electrons. The number of fused-ring (bicyclic) bond motifs is 1. The van der Waals surface area contributed by atoms with Crippen LogP contribution in [0.1, 0.15) is 43.6 Å². The zero-order valence-corrected chi connectivity index (χ0v) is 12.8. The van der Waals surface area contributed by atoms with Crippen molar-refractivity contribution in [3.63, 3.8) is 0 Å². The van der Waals surface area contributed by atoms with Crippen LogP contribution >= 0.6 is 0 Å². The number of likely N-dealkylation sites (tertiary alicyclic amines) is 1. The van der Waals surface area contributed by atoms with Crippen molar-refractivity contribution in [3.05, 3.63) is 29.6 Å². The summed E-state index contributed by atoms with van der Waals surface area (Å²) in [6, 6.07) is 8.83. The largest absolute Gasteiger partial charge is 0.313 e. The lowest BCUT2D eigenvalue weighted by Crippen LogP contribution is -2.33. The van der Waals surface area contributed by atoms with Crippen molar-refractivity contribution in [1.82, 2.24) is 14.5 Å². The zero-order chi connectivity index (χ0) is 14.8. The molecule has 0 spiro atoms. The Labute approximate surface area is 126 Å². The van der Waals surface area contributed by atoms with Crippen LogP contribution in [0.15, 0.2) is 18.2 Å². The standard InChI is InChI=1S/C17H22N4/c1-13-6-7-16-15(12-13)19-17(21(16)11-8-18)14(2)20-9-4-3-5-10-20/h6-7,12,14H,3-5,9-11H2,1-2H3. The summed E-state index contributed by atoms with van der Waals surface area (Å²) in [6.07, 6.45) is 3.86. The number of benzene rings is 1. The van der Waals surface area contributed by atoms with Crippen molar-refractivity contribution in [1.29, 1.82) is 5.26 Å². The van der Waals surface area contributed by atoms with Crippen molar-refractivity contribution in [2.45, 2.75) is 45.7 Å². The van der Waals surface area contributed by atoms with Crippen molar-refractivity contribution >= 4 is 11.0 Å². The summed E-state index contributed by atoms with van der Waals surface area (Å²) in [5.74, 6) is 1.03. The van der Waals surface area contributed by atoms with E-state index in [4.69, 9.17) is 10.2 Å². The Bertz CT molecular complexity index is 674. The van der Waals surface area contributed by atoms with Crippen LogP contribution in [-0.2, 0) is 6.54 Å². The number of rotatable bonds is 3. The summed E-state index contributed by atoms with van der Waals surface area (Å²) in [7, 11) is 0. The van der Waals surface area contributed by atoms with E-state index in [0.29, 0.717) is 6.54 Å². The van der Waals surface area contributed by atoms with Crippen molar-refractivity contribution in [2.24, 2.45) is 0 Å². The molecule has 0 radical (unpaired) electrons. The molecule has 0 aliphatic carbocycles. The molecule has 1 saturated heterocycles. The van der Waals surface area contributed by atoms with Gasteiger partial charge in [-0.3, -0.25) is 4.90 Å². The predicted molar refractivity (Wildman–Crippen MR) is 83.9 cm³/mol. The van der Waals surface area contributed by atoms with Gasteiger partial charge in [0, 0.05) is 0 Å². The molecule has 4 nitrogen and oxygen atoms in total. The van der Waals surface area contributed by atoms with Gasteiger partial charge in [0.1, 0.15) is 12.4 Å². The Morgan fingerprint density at radius 3 is 2.76 bits per heavy atom. The molecule has 3 rings (SSSR count). The molecule has 0 N–H and O–H groups in total. The van der Waals surface area contributed by atoms with Crippen molar-refractivity contribution in [2.75, 3.05) is 13.1 Å². The minimum absolute atomic E-state index is 0.270. The van der Waals surface area contributed by atoms with E-state index in [2.05, 4.69) is 47.6 Å². The normalized spacial score (nSPS) is 17.8. The minimum Gasteiger partial charge on any atom is -0.313 e. The van der Waals surface area contributed by atoms with Gasteiger partial charge in [0.2, 0.25) is 0 Å². The van der Waals surface area contributed by atoms with Gasteiger partial charge in [-0.1, -0.05) is 12.5 Å². The van der Waals surface area contributed by atoms with Gasteiger partial charge in [-0.05, 0) is 57.5 Å². The van der Waals surface area contributed by atoms with E-state index in [1.54, 1.807) is 0 Å². The molecule has 1 aliphatic rings. The third kappa shape index (κ3) is 2.66.